The third kappa shape index (κ3) is 7.49. The molecule has 0 unspecified atom stereocenters. The Kier molecular flexibility index (Phi) is 9.51. The standard InChI is InChI=1S/C31H33ClN10O4/c32-25-17-24(5-1-20(25)18-33)46-23-6-2-21(3-7-23)34-30(44)26-8-10-27(38-37-26)41-15-13-40(14-16-41)19-22-4-9-28(39-36-22)42-12-11-29(43)35-31(42)45/h1,4-5,8-10,17,21,23H,2-3,6-7,11-16,19H2,(H,34,44)(H,35,43,45). The molecule has 4 heterocycles. The maximum Gasteiger partial charge on any atom is 0.329 e. The van der Waals surface area contributed by atoms with Crippen molar-refractivity contribution in [2.45, 2.75) is 50.8 Å². The van der Waals surface area contributed by atoms with Crippen LogP contribution < -0.4 is 25.2 Å². The van der Waals surface area contributed by atoms with Crippen molar-refractivity contribution in [3.05, 3.63) is 64.4 Å². The maximum atomic E-state index is 12.9. The lowest BCUT2D eigenvalue weighted by molar-refractivity contribution is -0.120. The van der Waals surface area contributed by atoms with Crippen LogP contribution in [0.4, 0.5) is 16.4 Å². The van der Waals surface area contributed by atoms with Gasteiger partial charge in [0.1, 0.15) is 11.8 Å². The molecule has 0 radical (unpaired) electrons. The summed E-state index contributed by atoms with van der Waals surface area (Å²) in [4.78, 5) is 42.1. The maximum absolute atomic E-state index is 12.9. The van der Waals surface area contributed by atoms with Crippen molar-refractivity contribution in [2.24, 2.45) is 0 Å². The number of hydrogen-bond donors (Lipinski definition) is 2. The molecule has 3 fully saturated rings. The number of nitrogens with one attached hydrogen (secondary N) is 2. The lowest BCUT2D eigenvalue weighted by atomic mass is 9.93. The lowest BCUT2D eigenvalue weighted by Crippen LogP contribution is -2.50. The van der Waals surface area contributed by atoms with Crippen molar-refractivity contribution in [2.75, 3.05) is 42.5 Å². The van der Waals surface area contributed by atoms with Gasteiger partial charge < -0.3 is 15.0 Å². The van der Waals surface area contributed by atoms with Gasteiger partial charge in [0, 0.05) is 57.8 Å². The predicted octanol–water partition coefficient (Wildman–Crippen LogP) is 2.68. The summed E-state index contributed by atoms with van der Waals surface area (Å²) in [5.74, 6) is 1.24. The van der Waals surface area contributed by atoms with Crippen molar-refractivity contribution in [1.82, 2.24) is 35.9 Å². The Hall–Kier alpha value is -4.87. The van der Waals surface area contributed by atoms with Crippen LogP contribution in [0.3, 0.4) is 0 Å². The van der Waals surface area contributed by atoms with Crippen LogP contribution in [0.1, 0.15) is 53.8 Å². The van der Waals surface area contributed by atoms with Gasteiger partial charge in [-0.15, -0.1) is 15.3 Å². The minimum absolute atomic E-state index is 0.0216. The molecular weight excluding hydrogens is 612 g/mol. The van der Waals surface area contributed by atoms with E-state index in [9.17, 15) is 14.4 Å². The molecule has 2 N–H and O–H groups in total. The minimum Gasteiger partial charge on any atom is -0.490 e. The fourth-order valence-electron chi connectivity index (χ4n) is 5.78. The lowest BCUT2D eigenvalue weighted by Gasteiger charge is -2.35. The molecule has 0 spiro atoms. The second-order valence-corrected chi connectivity index (χ2v) is 11.9. The van der Waals surface area contributed by atoms with Crippen molar-refractivity contribution < 1.29 is 19.1 Å². The molecule has 2 aromatic heterocycles. The Morgan fingerprint density at radius 3 is 2.37 bits per heavy atom. The molecule has 0 atom stereocenters. The summed E-state index contributed by atoms with van der Waals surface area (Å²) in [6.07, 6.45) is 3.40. The molecule has 6 rings (SSSR count). The van der Waals surface area contributed by atoms with E-state index in [4.69, 9.17) is 21.6 Å². The first kappa shape index (κ1) is 31.1. The van der Waals surface area contributed by atoms with Crippen LogP contribution in [0.5, 0.6) is 5.75 Å². The molecule has 238 valence electrons. The fourth-order valence-corrected chi connectivity index (χ4v) is 5.99. The Bertz CT molecular complexity index is 1620. The van der Waals surface area contributed by atoms with Crippen LogP contribution in [-0.4, -0.2) is 88.0 Å². The minimum atomic E-state index is -0.483. The number of hydrogen-bond acceptors (Lipinski definition) is 11. The van der Waals surface area contributed by atoms with Crippen LogP contribution >= 0.6 is 11.6 Å². The number of halogens is 1. The first-order valence-corrected chi connectivity index (χ1v) is 15.6. The average molecular weight is 645 g/mol. The highest BCUT2D eigenvalue weighted by molar-refractivity contribution is 6.31. The summed E-state index contributed by atoms with van der Waals surface area (Å²) < 4.78 is 6.05. The molecule has 15 heteroatoms. The first-order chi connectivity index (χ1) is 22.3. The first-order valence-electron chi connectivity index (χ1n) is 15.3. The number of nitrogens with zero attached hydrogens (tertiary/aromatic N) is 8. The van der Waals surface area contributed by atoms with Gasteiger partial charge in [0.15, 0.2) is 17.3 Å². The number of ether oxygens (including phenoxy) is 1. The second kappa shape index (κ2) is 14.1. The Labute approximate surface area is 270 Å². The van der Waals surface area contributed by atoms with Gasteiger partial charge in [-0.3, -0.25) is 24.7 Å². The van der Waals surface area contributed by atoms with E-state index >= 15 is 0 Å². The number of anilines is 2. The van der Waals surface area contributed by atoms with Crippen molar-refractivity contribution in [3.8, 4) is 11.8 Å². The molecule has 2 saturated heterocycles. The molecule has 0 bridgehead atoms. The third-order valence-corrected chi connectivity index (χ3v) is 8.69. The van der Waals surface area contributed by atoms with E-state index in [0.717, 1.165) is 63.4 Å². The highest BCUT2D eigenvalue weighted by atomic mass is 35.5. The Morgan fingerprint density at radius 1 is 0.957 bits per heavy atom. The van der Waals surface area contributed by atoms with Crippen molar-refractivity contribution in [1.29, 1.82) is 5.26 Å². The van der Waals surface area contributed by atoms with Gasteiger partial charge in [-0.2, -0.15) is 10.4 Å². The molecule has 3 aliphatic rings. The van der Waals surface area contributed by atoms with E-state index in [2.05, 4.69) is 40.8 Å². The summed E-state index contributed by atoms with van der Waals surface area (Å²) in [7, 11) is 0. The number of benzene rings is 1. The number of urea groups is 1. The van der Waals surface area contributed by atoms with Crippen LogP contribution in [-0.2, 0) is 11.3 Å². The fraction of sp³-hybridized carbons (Fsp3) is 0.419. The zero-order chi connectivity index (χ0) is 32.0. The zero-order valence-electron chi connectivity index (χ0n) is 25.1. The van der Waals surface area contributed by atoms with Gasteiger partial charge in [-0.25, -0.2) is 4.79 Å². The SMILES string of the molecule is N#Cc1ccc(OC2CCC(NC(=O)c3ccc(N4CCN(Cc5ccc(N6CCC(=O)NC6=O)nn5)CC4)nn3)CC2)cc1Cl. The summed E-state index contributed by atoms with van der Waals surface area (Å²) in [5, 5.41) is 31.8. The van der Waals surface area contributed by atoms with Gasteiger partial charge in [0.25, 0.3) is 5.91 Å². The quantitative estimate of drug-likeness (QED) is 0.370. The topological polar surface area (TPSA) is 170 Å². The van der Waals surface area contributed by atoms with Gasteiger partial charge in [0.05, 0.1) is 22.4 Å². The van der Waals surface area contributed by atoms with E-state index in [1.54, 1.807) is 30.3 Å². The molecule has 1 saturated carbocycles. The molecule has 4 amide bonds. The number of carbonyl (C=O) groups is 3. The van der Waals surface area contributed by atoms with Gasteiger partial charge in [0.2, 0.25) is 5.91 Å². The van der Waals surface area contributed by atoms with E-state index in [0.29, 0.717) is 28.7 Å². The van der Waals surface area contributed by atoms with Crippen LogP contribution in [0.2, 0.25) is 5.02 Å². The summed E-state index contributed by atoms with van der Waals surface area (Å²) in [6, 6.07) is 13.8. The van der Waals surface area contributed by atoms with Crippen molar-refractivity contribution >= 4 is 41.1 Å². The zero-order valence-corrected chi connectivity index (χ0v) is 25.8. The molecular formula is C31H33ClN10O4. The van der Waals surface area contributed by atoms with Crippen LogP contribution in [0, 0.1) is 11.3 Å². The molecule has 1 aliphatic carbocycles. The number of piperazine rings is 1. The predicted molar refractivity (Wildman–Crippen MR) is 167 cm³/mol. The number of amides is 4. The molecule has 3 aromatic rings. The van der Waals surface area contributed by atoms with Crippen LogP contribution in [0.15, 0.2) is 42.5 Å². The Morgan fingerprint density at radius 2 is 1.72 bits per heavy atom. The summed E-state index contributed by atoms with van der Waals surface area (Å²) >= 11 is 6.12. The van der Waals surface area contributed by atoms with E-state index < -0.39 is 6.03 Å². The normalized spacial score (nSPS) is 20.5. The Balaban J connectivity index is 0.923. The smallest absolute Gasteiger partial charge is 0.329 e. The average Bonchev–Trinajstić information content (AvgIpc) is 3.07. The summed E-state index contributed by atoms with van der Waals surface area (Å²) in [6.45, 7) is 3.96. The molecule has 2 aliphatic heterocycles. The van der Waals surface area contributed by atoms with Gasteiger partial charge in [-0.05, 0) is 62.1 Å². The van der Waals surface area contributed by atoms with Gasteiger partial charge in [-0.1, -0.05) is 11.6 Å². The highest BCUT2D eigenvalue weighted by Crippen LogP contribution is 2.27. The molecule has 14 nitrogen and oxygen atoms in total. The number of nitriles is 1. The van der Waals surface area contributed by atoms with Gasteiger partial charge >= 0.3 is 6.03 Å². The van der Waals surface area contributed by atoms with Crippen molar-refractivity contribution in [3.63, 3.8) is 0 Å². The number of aromatic nitrogens is 4. The molecule has 1 aromatic carbocycles. The van der Waals surface area contributed by atoms with E-state index in [-0.39, 0.29) is 42.6 Å². The number of carbonyl (C=O) groups excluding carboxylic acids is 3. The number of imide groups is 1. The van der Waals surface area contributed by atoms with Crippen LogP contribution in [0.25, 0.3) is 0 Å². The monoisotopic (exact) mass is 644 g/mol. The summed E-state index contributed by atoms with van der Waals surface area (Å²) in [5.41, 5.74) is 1.49. The molecule has 46 heavy (non-hydrogen) atoms. The largest absolute Gasteiger partial charge is 0.490 e. The van der Waals surface area contributed by atoms with E-state index in [1.807, 2.05) is 18.2 Å². The number of rotatable bonds is 8. The third-order valence-electron chi connectivity index (χ3n) is 8.37. The second-order valence-electron chi connectivity index (χ2n) is 11.5. The van der Waals surface area contributed by atoms with E-state index in [1.165, 1.54) is 4.90 Å². The highest BCUT2D eigenvalue weighted by Gasteiger charge is 2.27.